The Kier molecular flexibility index (Phi) is 3.90. The Morgan fingerprint density at radius 3 is 2.63 bits per heavy atom. The van der Waals surface area contributed by atoms with E-state index in [9.17, 15) is 0 Å². The average molecular weight is 278 g/mol. The van der Waals surface area contributed by atoms with Crippen LogP contribution in [-0.4, -0.2) is 16.1 Å². The van der Waals surface area contributed by atoms with E-state index in [0.29, 0.717) is 22.3 Å². The molecule has 19 heavy (non-hydrogen) atoms. The second-order valence-corrected chi connectivity index (χ2v) is 4.94. The Bertz CT molecular complexity index is 599. The van der Waals surface area contributed by atoms with E-state index in [4.69, 9.17) is 22.1 Å². The fourth-order valence-corrected chi connectivity index (χ4v) is 1.86. The third-order valence-electron chi connectivity index (χ3n) is 2.58. The first-order valence-electron chi connectivity index (χ1n) is 6.03. The minimum Gasteiger partial charge on any atom is -0.489 e. The molecule has 4 nitrogen and oxygen atoms in total. The van der Waals surface area contributed by atoms with Gasteiger partial charge in [-0.25, -0.2) is 9.97 Å². The van der Waals surface area contributed by atoms with E-state index in [0.717, 1.165) is 11.3 Å². The fourth-order valence-electron chi connectivity index (χ4n) is 1.64. The Hall–Kier alpha value is -1.81. The van der Waals surface area contributed by atoms with Crippen LogP contribution in [0.15, 0.2) is 24.4 Å². The van der Waals surface area contributed by atoms with Crippen molar-refractivity contribution in [3.63, 3.8) is 0 Å². The molecule has 0 aliphatic heterocycles. The highest BCUT2D eigenvalue weighted by Gasteiger charge is 2.08. The maximum absolute atomic E-state index is 6.20. The first kappa shape index (κ1) is 13.6. The zero-order valence-electron chi connectivity index (χ0n) is 11.1. The summed E-state index contributed by atoms with van der Waals surface area (Å²) in [5.74, 6) is 1.11. The number of nitrogen functional groups attached to an aromatic ring is 1. The molecule has 100 valence electrons. The van der Waals surface area contributed by atoms with Crippen molar-refractivity contribution in [1.29, 1.82) is 0 Å². The SMILES string of the molecule is Cc1nc(-c2ccc(OC(C)C)c(Cl)c2)cnc1N. The van der Waals surface area contributed by atoms with Gasteiger partial charge in [0.25, 0.3) is 0 Å². The molecule has 2 N–H and O–H groups in total. The number of hydrogen-bond donors (Lipinski definition) is 1. The summed E-state index contributed by atoms with van der Waals surface area (Å²) >= 11 is 6.20. The molecule has 1 heterocycles. The number of aryl methyl sites for hydroxylation is 1. The lowest BCUT2D eigenvalue weighted by atomic mass is 10.1. The van der Waals surface area contributed by atoms with Gasteiger partial charge >= 0.3 is 0 Å². The molecule has 0 saturated heterocycles. The normalized spacial score (nSPS) is 10.8. The highest BCUT2D eigenvalue weighted by molar-refractivity contribution is 6.32. The van der Waals surface area contributed by atoms with Crippen LogP contribution in [-0.2, 0) is 0 Å². The van der Waals surface area contributed by atoms with Crippen LogP contribution >= 0.6 is 11.6 Å². The summed E-state index contributed by atoms with van der Waals surface area (Å²) in [6, 6.07) is 5.56. The number of ether oxygens (including phenoxy) is 1. The van der Waals surface area contributed by atoms with Crippen molar-refractivity contribution in [2.75, 3.05) is 5.73 Å². The molecule has 0 amide bonds. The smallest absolute Gasteiger partial charge is 0.144 e. The average Bonchev–Trinajstić information content (AvgIpc) is 2.35. The monoisotopic (exact) mass is 277 g/mol. The third-order valence-corrected chi connectivity index (χ3v) is 2.87. The summed E-state index contributed by atoms with van der Waals surface area (Å²) in [5.41, 5.74) is 7.99. The van der Waals surface area contributed by atoms with Gasteiger partial charge in [-0.2, -0.15) is 0 Å². The summed E-state index contributed by atoms with van der Waals surface area (Å²) in [6.07, 6.45) is 1.72. The molecule has 0 aliphatic rings. The second-order valence-electron chi connectivity index (χ2n) is 4.54. The third kappa shape index (κ3) is 3.15. The maximum atomic E-state index is 6.20. The van der Waals surface area contributed by atoms with Gasteiger partial charge in [-0.1, -0.05) is 11.6 Å². The molecule has 0 unspecified atom stereocenters. The minimum atomic E-state index is 0.0851. The van der Waals surface area contributed by atoms with Crippen LogP contribution in [0.5, 0.6) is 5.75 Å². The Morgan fingerprint density at radius 2 is 2.05 bits per heavy atom. The van der Waals surface area contributed by atoms with Gasteiger partial charge in [-0.05, 0) is 39.0 Å². The van der Waals surface area contributed by atoms with Gasteiger partial charge in [0.1, 0.15) is 11.6 Å². The zero-order chi connectivity index (χ0) is 14.0. The quantitative estimate of drug-likeness (QED) is 0.933. The molecule has 2 rings (SSSR count). The predicted octanol–water partition coefficient (Wildman–Crippen LogP) is 3.47. The molecule has 0 bridgehead atoms. The molecule has 0 spiro atoms. The van der Waals surface area contributed by atoms with E-state index >= 15 is 0 Å². The topological polar surface area (TPSA) is 61.0 Å². The van der Waals surface area contributed by atoms with Gasteiger partial charge in [0.15, 0.2) is 0 Å². The van der Waals surface area contributed by atoms with Crippen molar-refractivity contribution in [2.24, 2.45) is 0 Å². The van der Waals surface area contributed by atoms with Crippen LogP contribution in [0.2, 0.25) is 5.02 Å². The number of anilines is 1. The molecule has 0 fully saturated rings. The maximum Gasteiger partial charge on any atom is 0.144 e. The lowest BCUT2D eigenvalue weighted by Gasteiger charge is -2.12. The van der Waals surface area contributed by atoms with E-state index < -0.39 is 0 Å². The van der Waals surface area contributed by atoms with E-state index in [1.54, 1.807) is 6.20 Å². The minimum absolute atomic E-state index is 0.0851. The van der Waals surface area contributed by atoms with Crippen LogP contribution < -0.4 is 10.5 Å². The van der Waals surface area contributed by atoms with E-state index in [2.05, 4.69) is 9.97 Å². The van der Waals surface area contributed by atoms with Crippen LogP contribution in [0.4, 0.5) is 5.82 Å². The van der Waals surface area contributed by atoms with E-state index in [-0.39, 0.29) is 6.10 Å². The number of halogens is 1. The van der Waals surface area contributed by atoms with Gasteiger partial charge in [0, 0.05) is 5.56 Å². The standard InChI is InChI=1S/C14H16ClN3O/c1-8(2)19-13-5-4-10(6-11(13)15)12-7-17-14(16)9(3)18-12/h4-8H,1-3H3,(H2,16,17). The summed E-state index contributed by atoms with van der Waals surface area (Å²) in [5, 5.41) is 0.558. The molecule has 1 aromatic carbocycles. The van der Waals surface area contributed by atoms with E-state index in [1.807, 2.05) is 39.0 Å². The lowest BCUT2D eigenvalue weighted by Crippen LogP contribution is -2.05. The highest BCUT2D eigenvalue weighted by atomic mass is 35.5. The van der Waals surface area contributed by atoms with Crippen LogP contribution in [0, 0.1) is 6.92 Å². The lowest BCUT2D eigenvalue weighted by molar-refractivity contribution is 0.242. The summed E-state index contributed by atoms with van der Waals surface area (Å²) < 4.78 is 5.59. The van der Waals surface area contributed by atoms with Crippen molar-refractivity contribution in [2.45, 2.75) is 26.9 Å². The number of nitrogens with two attached hydrogens (primary N) is 1. The fraction of sp³-hybridized carbons (Fsp3) is 0.286. The molecule has 0 atom stereocenters. The summed E-state index contributed by atoms with van der Waals surface area (Å²) in [7, 11) is 0. The Morgan fingerprint density at radius 1 is 1.32 bits per heavy atom. The van der Waals surface area contributed by atoms with Crippen molar-refractivity contribution in [3.8, 4) is 17.0 Å². The number of benzene rings is 1. The Labute approximate surface area is 117 Å². The first-order valence-corrected chi connectivity index (χ1v) is 6.41. The summed E-state index contributed by atoms with van der Waals surface area (Å²) in [4.78, 5) is 8.48. The van der Waals surface area contributed by atoms with Crippen molar-refractivity contribution >= 4 is 17.4 Å². The molecular weight excluding hydrogens is 262 g/mol. The zero-order valence-corrected chi connectivity index (χ0v) is 11.9. The van der Waals surface area contributed by atoms with Crippen molar-refractivity contribution in [1.82, 2.24) is 9.97 Å². The predicted molar refractivity (Wildman–Crippen MR) is 77.4 cm³/mol. The van der Waals surface area contributed by atoms with Gasteiger partial charge in [0.05, 0.1) is 28.7 Å². The number of hydrogen-bond acceptors (Lipinski definition) is 4. The van der Waals surface area contributed by atoms with Gasteiger partial charge in [-0.15, -0.1) is 0 Å². The van der Waals surface area contributed by atoms with Crippen LogP contribution in [0.1, 0.15) is 19.5 Å². The number of aromatic nitrogens is 2. The van der Waals surface area contributed by atoms with Gasteiger partial charge in [0.2, 0.25) is 0 Å². The molecule has 2 aromatic rings. The van der Waals surface area contributed by atoms with Crippen LogP contribution in [0.3, 0.4) is 0 Å². The molecule has 0 aliphatic carbocycles. The molecule has 1 aromatic heterocycles. The first-order chi connectivity index (χ1) is 8.97. The van der Waals surface area contributed by atoms with Crippen LogP contribution in [0.25, 0.3) is 11.3 Å². The molecule has 0 saturated carbocycles. The van der Waals surface area contributed by atoms with Crippen molar-refractivity contribution in [3.05, 3.63) is 35.1 Å². The van der Waals surface area contributed by atoms with Gasteiger partial charge in [-0.3, -0.25) is 0 Å². The van der Waals surface area contributed by atoms with Gasteiger partial charge < -0.3 is 10.5 Å². The number of rotatable bonds is 3. The molecule has 0 radical (unpaired) electrons. The Balaban J connectivity index is 2.36. The second kappa shape index (κ2) is 5.45. The van der Waals surface area contributed by atoms with Crippen molar-refractivity contribution < 1.29 is 4.74 Å². The molecule has 5 heteroatoms. The summed E-state index contributed by atoms with van der Waals surface area (Å²) in [6.45, 7) is 5.74. The largest absolute Gasteiger partial charge is 0.489 e. The van der Waals surface area contributed by atoms with E-state index in [1.165, 1.54) is 0 Å². The molecular formula is C14H16ClN3O. The number of nitrogens with zero attached hydrogens (tertiary/aromatic N) is 2. The highest BCUT2D eigenvalue weighted by Crippen LogP contribution is 2.30.